The monoisotopic (exact) mass is 1440 g/mol. The topological polar surface area (TPSA) is 0 Å². The number of benzene rings is 3. The van der Waals surface area contributed by atoms with E-state index in [1.807, 2.05) is 0 Å². The predicted molar refractivity (Wildman–Crippen MR) is 456 cm³/mol. The molecule has 3 rings (SSSR count). The Kier molecular flexibility index (Phi) is 28.5. The van der Waals surface area contributed by atoms with Crippen LogP contribution in [0.2, 0.25) is 236 Å². The Morgan fingerprint density at radius 1 is 0.253 bits per heavy atom. The zero-order valence-electron chi connectivity index (χ0n) is 67.2. The fraction of sp³-hybridized carbons (Fsp3) is 0.750. The first-order valence-corrected chi connectivity index (χ1v) is 78.9. The van der Waals surface area contributed by atoms with Gasteiger partial charge in [-0.3, -0.25) is 0 Å². The molecule has 0 aliphatic rings. The number of hydrogen-bond acceptors (Lipinski definition) is 0. The van der Waals surface area contributed by atoms with Gasteiger partial charge in [0.1, 0.15) is 0 Å². The van der Waals surface area contributed by atoms with Crippen LogP contribution >= 0.6 is 18.5 Å². The third-order valence-electron chi connectivity index (χ3n) is 18.5. The van der Waals surface area contributed by atoms with E-state index in [-0.39, 0.29) is 16.2 Å². The molecule has 3 aromatic carbocycles. The molecule has 0 aliphatic carbocycles. The standard InChI is InChI=1S/2C27H61PSi6.C18H29.Al/c2*1-29(2,3)25(30(4,5)6)21-19-22(26(31(7,8)9)32(10,11)12)24(28)23(20-21)27(33(13,14)15)34(16,17)18;1-16(2,3)13-10-14(17(4,5)6)12-15(11-13)18(7,8)9;/h2*19-20,25-27H,28H2,1-18H3;10-11H,1-9H3;. The van der Waals surface area contributed by atoms with Crippen molar-refractivity contribution in [1.82, 2.24) is 0 Å². The van der Waals surface area contributed by atoms with Crippen LogP contribution in [0.3, 0.4) is 0 Å². The van der Waals surface area contributed by atoms with Crippen LogP contribution in [0, 0.1) is 0 Å². The van der Waals surface area contributed by atoms with Crippen LogP contribution in [0.5, 0.6) is 0 Å². The third kappa shape index (κ3) is 24.0. The molecule has 2 atom stereocenters. The van der Waals surface area contributed by atoms with E-state index >= 15 is 0 Å². The maximum absolute atomic E-state index is 3.34. The minimum absolute atomic E-state index is 0.179. The minimum Gasteiger partial charge on any atom is -0.132 e. The molecule has 0 bridgehead atoms. The molecule has 87 heavy (non-hydrogen) atoms. The highest BCUT2D eigenvalue weighted by Gasteiger charge is 2.49. The molecule has 0 aromatic heterocycles. The quantitative estimate of drug-likeness (QED) is 0.0880. The maximum atomic E-state index is 3.34. The van der Waals surface area contributed by atoms with Crippen LogP contribution in [-0.4, -0.2) is 113 Å². The van der Waals surface area contributed by atoms with Gasteiger partial charge in [0.15, 0.2) is 16.3 Å². The molecule has 0 amide bonds. The first-order chi connectivity index (χ1) is 37.5. The highest BCUT2D eigenvalue weighted by molar-refractivity contribution is 7.28. The largest absolute Gasteiger partial charge is 0.176 e. The maximum Gasteiger partial charge on any atom is 0.176 e. The summed E-state index contributed by atoms with van der Waals surface area (Å²) >= 11 is 2.98. The predicted octanol–water partition coefficient (Wildman–Crippen LogP) is 23.8. The third-order valence-corrected chi connectivity index (χ3v) is 76.2. The van der Waals surface area contributed by atoms with Gasteiger partial charge in [0.05, 0.1) is 0 Å². The average Bonchev–Trinajstić information content (AvgIpc) is 0.812. The van der Waals surface area contributed by atoms with E-state index in [4.69, 9.17) is 0 Å². The summed E-state index contributed by atoms with van der Waals surface area (Å²) in [5.74, 6) is 0. The Morgan fingerprint density at radius 2 is 0.402 bits per heavy atom. The van der Waals surface area contributed by atoms with Gasteiger partial charge in [-0.25, -0.2) is 0 Å². The summed E-state index contributed by atoms with van der Waals surface area (Å²) in [4.78, 5) is 0. The molecule has 2 unspecified atom stereocenters. The van der Waals surface area contributed by atoms with Gasteiger partial charge in [-0.05, 0) is 96.8 Å². The Bertz CT molecular complexity index is 2400. The molecule has 0 aliphatic heterocycles. The summed E-state index contributed by atoms with van der Waals surface area (Å²) in [6.45, 7) is 115. The molecule has 0 fully saturated rings. The smallest absolute Gasteiger partial charge is 0.132 e. The van der Waals surface area contributed by atoms with Crippen LogP contribution in [0.1, 0.15) is 143 Å². The van der Waals surface area contributed by atoms with Crippen molar-refractivity contribution in [2.24, 2.45) is 0 Å². The van der Waals surface area contributed by atoms with E-state index in [1.165, 1.54) is 21.1 Å². The van der Waals surface area contributed by atoms with Gasteiger partial charge in [0.25, 0.3) is 0 Å². The molecule has 0 saturated heterocycles. The Balaban J connectivity index is 0.000000680. The second kappa shape index (κ2) is 28.6. The van der Waals surface area contributed by atoms with Gasteiger partial charge >= 0.3 is 0 Å². The summed E-state index contributed by atoms with van der Waals surface area (Å²) in [5, 5.41) is 7.99. The summed E-state index contributed by atoms with van der Waals surface area (Å²) in [5.41, 5.74) is 15.4. The van der Waals surface area contributed by atoms with Crippen LogP contribution in [0.25, 0.3) is 0 Å². The number of rotatable bonds is 18. The molecule has 0 nitrogen and oxygen atoms in total. The lowest BCUT2D eigenvalue weighted by atomic mass is 9.75. The molecule has 0 spiro atoms. The first kappa shape index (κ1) is 86.7. The van der Waals surface area contributed by atoms with Gasteiger partial charge in [0.2, 0.25) is 0 Å². The van der Waals surface area contributed by atoms with Gasteiger partial charge < -0.3 is 0 Å². The van der Waals surface area contributed by atoms with E-state index in [0.717, 1.165) is 31.0 Å². The van der Waals surface area contributed by atoms with Crippen molar-refractivity contribution in [2.75, 3.05) is 0 Å². The molecule has 2 radical (unpaired) electrons. The van der Waals surface area contributed by atoms with Crippen LogP contribution in [-0.2, 0) is 16.2 Å². The lowest BCUT2D eigenvalue weighted by molar-refractivity contribution is 0.553. The van der Waals surface area contributed by atoms with E-state index in [9.17, 15) is 0 Å². The SMILES string of the molecule is CC(C)(C)c1cc(C(C)(C)C)[c]([Al])c(C(C)(C)C)c1.C[Si](C)(C)C(c1cc(C([Si](C)(C)C)[Si](C)(C)C)c(P)c(C([Si](C)(C)C)[Si](C)(C)C)c1)[Si](C)(C)C.C[Si](C)(C)C(c1cc(C([Si](C)(C)C)[Si](C)(C)C)c(P)c(C([Si](C)(C)C)[Si](C)(C)C)c1)[Si](C)(C)C. The molecule has 500 valence electrons. The second-order valence-electron chi connectivity index (χ2n) is 44.0. The van der Waals surface area contributed by atoms with E-state index in [0.29, 0.717) is 0 Å². The summed E-state index contributed by atoms with van der Waals surface area (Å²) in [6.07, 6.45) is 0. The zero-order chi connectivity index (χ0) is 70.1. The van der Waals surface area contributed by atoms with E-state index in [2.05, 4.69) is 369 Å². The van der Waals surface area contributed by atoms with Gasteiger partial charge in [0, 0.05) is 96.9 Å². The van der Waals surface area contributed by atoms with Crippen LogP contribution < -0.4 is 15.0 Å². The van der Waals surface area contributed by atoms with Crippen molar-refractivity contribution >= 4 is 147 Å². The van der Waals surface area contributed by atoms with Gasteiger partial charge in [-0.2, -0.15) is 0 Å². The molecule has 15 heteroatoms. The highest BCUT2D eigenvalue weighted by atomic mass is 31.0. The van der Waals surface area contributed by atoms with Crippen LogP contribution in [0.15, 0.2) is 36.4 Å². The fourth-order valence-electron chi connectivity index (χ4n) is 18.6. The van der Waals surface area contributed by atoms with Gasteiger partial charge in [-0.15, -0.1) is 22.9 Å². The second-order valence-corrected chi connectivity index (χ2v) is 113. The molecule has 0 heterocycles. The molecular formula is C72H151AlP2Si12. The first-order valence-electron chi connectivity index (χ1n) is 34.3. The Labute approximate surface area is 573 Å². The molecule has 3 aromatic rings. The van der Waals surface area contributed by atoms with Crippen molar-refractivity contribution in [3.05, 3.63) is 86.5 Å². The molecule has 0 N–H and O–H groups in total. The van der Waals surface area contributed by atoms with Crippen molar-refractivity contribution < 1.29 is 0 Å². The van der Waals surface area contributed by atoms with Crippen molar-refractivity contribution in [3.63, 3.8) is 0 Å². The Morgan fingerprint density at radius 3 is 0.517 bits per heavy atom. The highest BCUT2D eigenvalue weighted by Crippen LogP contribution is 2.47. The van der Waals surface area contributed by atoms with Gasteiger partial charge in [-0.1, -0.05) is 346 Å². The zero-order valence-corrected chi connectivity index (χ0v) is 82.6. The van der Waals surface area contributed by atoms with Crippen molar-refractivity contribution in [3.8, 4) is 0 Å². The summed E-state index contributed by atoms with van der Waals surface area (Å²) in [6, 6.07) is 15.9. The van der Waals surface area contributed by atoms with Crippen LogP contribution in [0.4, 0.5) is 0 Å². The fourth-order valence-corrected chi connectivity index (χ4v) is 98.3. The Hall–Kier alpha value is 1.66. The van der Waals surface area contributed by atoms with E-state index in [1.54, 1.807) is 44.0 Å². The lowest BCUT2D eigenvalue weighted by Crippen LogP contribution is -2.51. The van der Waals surface area contributed by atoms with Crippen molar-refractivity contribution in [2.45, 2.75) is 345 Å². The molecular weight excluding hydrogens is 1290 g/mol. The lowest BCUT2D eigenvalue weighted by Gasteiger charge is -2.45. The van der Waals surface area contributed by atoms with E-state index < -0.39 is 96.9 Å². The molecule has 0 saturated carbocycles. The summed E-state index contributed by atoms with van der Waals surface area (Å²) < 4.78 is 1.38. The normalized spacial score (nSPS) is 14.8. The average molecular weight is 1440 g/mol. The van der Waals surface area contributed by atoms with Crippen molar-refractivity contribution in [1.29, 1.82) is 0 Å². The minimum atomic E-state index is -1.40. The summed E-state index contributed by atoms with van der Waals surface area (Å²) in [7, 11) is -10.0. The number of hydrogen-bond donors (Lipinski definition) is 0.